The van der Waals surface area contributed by atoms with Crippen molar-refractivity contribution in [2.45, 2.75) is 13.8 Å². The molecule has 86 valence electrons. The van der Waals surface area contributed by atoms with Crippen LogP contribution >= 0.6 is 0 Å². The van der Waals surface area contributed by atoms with Crippen LogP contribution in [0.4, 0.5) is 0 Å². The van der Waals surface area contributed by atoms with Crippen LogP contribution < -0.4 is 4.74 Å². The Morgan fingerprint density at radius 3 is 2.35 bits per heavy atom. The predicted octanol–water partition coefficient (Wildman–Crippen LogP) is 3.99. The minimum Gasteiger partial charge on any atom is -0.457 e. The van der Waals surface area contributed by atoms with Crippen LogP contribution in [0, 0.1) is 6.92 Å². The summed E-state index contributed by atoms with van der Waals surface area (Å²) in [5, 5.41) is 0. The van der Waals surface area contributed by atoms with Gasteiger partial charge in [0.05, 0.1) is 0 Å². The molecule has 0 aliphatic carbocycles. The fourth-order valence-corrected chi connectivity index (χ4v) is 1.67. The first kappa shape index (κ1) is 11.4. The van der Waals surface area contributed by atoms with Gasteiger partial charge in [0.25, 0.3) is 0 Å². The molecule has 0 saturated heterocycles. The quantitative estimate of drug-likeness (QED) is 0.740. The molecule has 2 aromatic rings. The third-order valence-electron chi connectivity index (χ3n) is 2.57. The summed E-state index contributed by atoms with van der Waals surface area (Å²) in [6.45, 7) is 3.48. The van der Waals surface area contributed by atoms with Crippen molar-refractivity contribution in [2.75, 3.05) is 0 Å². The molecule has 0 aliphatic rings. The standard InChI is InChI=1S/C15H14O2/c1-11-8-9-14(10-15(11)12(2)16)17-13-6-4-3-5-7-13/h3-10H,1-2H3. The molecule has 0 radical (unpaired) electrons. The van der Waals surface area contributed by atoms with Crippen LogP contribution in [-0.2, 0) is 0 Å². The van der Waals surface area contributed by atoms with Crippen molar-refractivity contribution in [3.63, 3.8) is 0 Å². The number of rotatable bonds is 3. The summed E-state index contributed by atoms with van der Waals surface area (Å²) in [6, 6.07) is 15.1. The third kappa shape index (κ3) is 2.72. The number of ketones is 1. The lowest BCUT2D eigenvalue weighted by Crippen LogP contribution is -1.96. The van der Waals surface area contributed by atoms with E-state index in [9.17, 15) is 4.79 Å². The minimum absolute atomic E-state index is 0.0565. The molecule has 0 aliphatic heterocycles. The number of benzene rings is 2. The Hall–Kier alpha value is -2.09. The molecule has 0 atom stereocenters. The Kier molecular flexibility index (Phi) is 3.24. The second-order valence-corrected chi connectivity index (χ2v) is 3.95. The summed E-state index contributed by atoms with van der Waals surface area (Å²) in [5.41, 5.74) is 1.68. The molecule has 0 amide bonds. The van der Waals surface area contributed by atoms with Crippen molar-refractivity contribution in [2.24, 2.45) is 0 Å². The topological polar surface area (TPSA) is 26.3 Å². The molecule has 2 rings (SSSR count). The van der Waals surface area contributed by atoms with Crippen LogP contribution in [0.25, 0.3) is 0 Å². The fraction of sp³-hybridized carbons (Fsp3) is 0.133. The van der Waals surface area contributed by atoms with E-state index in [1.54, 1.807) is 13.0 Å². The van der Waals surface area contributed by atoms with E-state index in [2.05, 4.69) is 0 Å². The maximum atomic E-state index is 11.4. The largest absolute Gasteiger partial charge is 0.457 e. The van der Waals surface area contributed by atoms with Gasteiger partial charge in [-0.15, -0.1) is 0 Å². The summed E-state index contributed by atoms with van der Waals surface area (Å²) < 4.78 is 5.67. The van der Waals surface area contributed by atoms with Crippen molar-refractivity contribution in [3.05, 3.63) is 59.7 Å². The van der Waals surface area contributed by atoms with E-state index in [1.807, 2.05) is 49.4 Å². The first-order valence-corrected chi connectivity index (χ1v) is 5.51. The van der Waals surface area contributed by atoms with E-state index in [-0.39, 0.29) is 5.78 Å². The zero-order chi connectivity index (χ0) is 12.3. The van der Waals surface area contributed by atoms with Gasteiger partial charge in [-0.05, 0) is 43.7 Å². The number of carbonyl (C=O) groups is 1. The summed E-state index contributed by atoms with van der Waals surface area (Å²) in [6.07, 6.45) is 0. The van der Waals surface area contributed by atoms with E-state index < -0.39 is 0 Å². The lowest BCUT2D eigenvalue weighted by atomic mass is 10.1. The molecule has 0 aromatic heterocycles. The van der Waals surface area contributed by atoms with E-state index in [1.165, 1.54) is 0 Å². The Morgan fingerprint density at radius 2 is 1.71 bits per heavy atom. The lowest BCUT2D eigenvalue weighted by Gasteiger charge is -2.08. The summed E-state index contributed by atoms with van der Waals surface area (Å²) in [5.74, 6) is 1.51. The molecule has 0 saturated carbocycles. The Bertz CT molecular complexity index is 530. The minimum atomic E-state index is 0.0565. The van der Waals surface area contributed by atoms with Gasteiger partial charge in [-0.25, -0.2) is 0 Å². The van der Waals surface area contributed by atoms with Gasteiger partial charge in [0.2, 0.25) is 0 Å². The molecule has 0 fully saturated rings. The van der Waals surface area contributed by atoms with E-state index in [0.717, 1.165) is 11.3 Å². The van der Waals surface area contributed by atoms with Crippen LogP contribution in [-0.4, -0.2) is 5.78 Å². The zero-order valence-corrected chi connectivity index (χ0v) is 9.94. The number of hydrogen-bond acceptors (Lipinski definition) is 2. The van der Waals surface area contributed by atoms with Crippen molar-refractivity contribution in [1.29, 1.82) is 0 Å². The first-order valence-electron chi connectivity index (χ1n) is 5.51. The molecule has 0 N–H and O–H groups in total. The summed E-state index contributed by atoms with van der Waals surface area (Å²) >= 11 is 0. The second kappa shape index (κ2) is 4.83. The predicted molar refractivity (Wildman–Crippen MR) is 67.7 cm³/mol. The lowest BCUT2D eigenvalue weighted by molar-refractivity contribution is 0.101. The molecular formula is C15H14O2. The summed E-state index contributed by atoms with van der Waals surface area (Å²) in [4.78, 5) is 11.4. The third-order valence-corrected chi connectivity index (χ3v) is 2.57. The second-order valence-electron chi connectivity index (χ2n) is 3.95. The molecular weight excluding hydrogens is 212 g/mol. The van der Waals surface area contributed by atoms with Crippen LogP contribution in [0.5, 0.6) is 11.5 Å². The van der Waals surface area contributed by atoms with E-state index in [0.29, 0.717) is 11.3 Å². The highest BCUT2D eigenvalue weighted by Gasteiger charge is 2.06. The monoisotopic (exact) mass is 226 g/mol. The number of ether oxygens (including phenoxy) is 1. The van der Waals surface area contributed by atoms with E-state index >= 15 is 0 Å². The van der Waals surface area contributed by atoms with Crippen molar-refractivity contribution in [3.8, 4) is 11.5 Å². The van der Waals surface area contributed by atoms with Gasteiger partial charge in [-0.3, -0.25) is 4.79 Å². The first-order chi connectivity index (χ1) is 8.16. The molecule has 0 unspecified atom stereocenters. The maximum Gasteiger partial charge on any atom is 0.160 e. The fourth-order valence-electron chi connectivity index (χ4n) is 1.67. The Morgan fingerprint density at radius 1 is 1.00 bits per heavy atom. The average molecular weight is 226 g/mol. The van der Waals surface area contributed by atoms with Gasteiger partial charge in [-0.1, -0.05) is 24.3 Å². The highest BCUT2D eigenvalue weighted by Crippen LogP contribution is 2.23. The normalized spacial score (nSPS) is 10.0. The number of para-hydroxylation sites is 1. The molecule has 0 heterocycles. The number of aryl methyl sites for hydroxylation is 1. The summed E-state index contributed by atoms with van der Waals surface area (Å²) in [7, 11) is 0. The van der Waals surface area contributed by atoms with Crippen LogP contribution in [0.1, 0.15) is 22.8 Å². The molecule has 17 heavy (non-hydrogen) atoms. The SMILES string of the molecule is CC(=O)c1cc(Oc2ccccc2)ccc1C. The average Bonchev–Trinajstić information content (AvgIpc) is 2.32. The van der Waals surface area contributed by atoms with Crippen LogP contribution in [0.2, 0.25) is 0 Å². The molecule has 0 spiro atoms. The van der Waals surface area contributed by atoms with Crippen LogP contribution in [0.3, 0.4) is 0 Å². The Labute approximate surface area is 101 Å². The molecule has 2 heteroatoms. The van der Waals surface area contributed by atoms with Gasteiger partial charge in [0.15, 0.2) is 5.78 Å². The van der Waals surface area contributed by atoms with Crippen molar-refractivity contribution in [1.82, 2.24) is 0 Å². The zero-order valence-electron chi connectivity index (χ0n) is 9.94. The van der Waals surface area contributed by atoms with E-state index in [4.69, 9.17) is 4.74 Å². The molecule has 2 aromatic carbocycles. The smallest absolute Gasteiger partial charge is 0.160 e. The number of hydrogen-bond donors (Lipinski definition) is 0. The van der Waals surface area contributed by atoms with Crippen molar-refractivity contribution >= 4 is 5.78 Å². The van der Waals surface area contributed by atoms with Gasteiger partial charge in [-0.2, -0.15) is 0 Å². The Balaban J connectivity index is 2.29. The van der Waals surface area contributed by atoms with Gasteiger partial charge in [0.1, 0.15) is 11.5 Å². The highest BCUT2D eigenvalue weighted by atomic mass is 16.5. The van der Waals surface area contributed by atoms with Crippen LogP contribution in [0.15, 0.2) is 48.5 Å². The number of Topliss-reactive ketones (excluding diaryl/α,β-unsaturated/α-hetero) is 1. The highest BCUT2D eigenvalue weighted by molar-refractivity contribution is 5.95. The molecule has 0 bridgehead atoms. The number of carbonyl (C=O) groups excluding carboxylic acids is 1. The van der Waals surface area contributed by atoms with Gasteiger partial charge in [0, 0.05) is 5.56 Å². The molecule has 2 nitrogen and oxygen atoms in total. The van der Waals surface area contributed by atoms with Gasteiger partial charge < -0.3 is 4.74 Å². The maximum absolute atomic E-state index is 11.4. The van der Waals surface area contributed by atoms with Gasteiger partial charge >= 0.3 is 0 Å². The van der Waals surface area contributed by atoms with Crippen molar-refractivity contribution < 1.29 is 9.53 Å².